The van der Waals surface area contributed by atoms with Crippen molar-refractivity contribution in [1.29, 1.82) is 0 Å². The van der Waals surface area contributed by atoms with E-state index in [-0.39, 0.29) is 32.8 Å². The Kier molecular flexibility index (Phi) is 4.55. The third kappa shape index (κ3) is 3.37. The number of hydrogen-bond donors (Lipinski definition) is 2. The van der Waals surface area contributed by atoms with Gasteiger partial charge in [0.15, 0.2) is 17.3 Å². The van der Waals surface area contributed by atoms with E-state index in [1.165, 1.54) is 31.4 Å². The summed E-state index contributed by atoms with van der Waals surface area (Å²) in [6.45, 7) is 0. The summed E-state index contributed by atoms with van der Waals surface area (Å²) in [4.78, 5) is 12.1. The van der Waals surface area contributed by atoms with Crippen molar-refractivity contribution >= 4 is 34.8 Å². The van der Waals surface area contributed by atoms with Crippen LogP contribution in [0.1, 0.15) is 10.4 Å². The van der Waals surface area contributed by atoms with Crippen molar-refractivity contribution < 1.29 is 19.0 Å². The SMILES string of the molecule is COc1cc(C(=O)Nc2cc(Cl)cc(Cl)c2O)ccc1F. The van der Waals surface area contributed by atoms with Crippen LogP contribution in [-0.2, 0) is 0 Å². The zero-order valence-corrected chi connectivity index (χ0v) is 12.3. The number of benzene rings is 2. The predicted octanol–water partition coefficient (Wildman–Crippen LogP) is 4.10. The highest BCUT2D eigenvalue weighted by Gasteiger charge is 2.14. The fraction of sp³-hybridized carbons (Fsp3) is 0.0714. The molecule has 0 aliphatic carbocycles. The molecule has 7 heteroatoms. The molecule has 0 fully saturated rings. The van der Waals surface area contributed by atoms with Crippen LogP contribution in [0.15, 0.2) is 30.3 Å². The lowest BCUT2D eigenvalue weighted by atomic mass is 10.2. The number of rotatable bonds is 3. The third-order valence-corrected chi connectivity index (χ3v) is 3.20. The first-order valence-electron chi connectivity index (χ1n) is 5.75. The van der Waals surface area contributed by atoms with E-state index in [1.807, 2.05) is 0 Å². The second kappa shape index (κ2) is 6.20. The van der Waals surface area contributed by atoms with Crippen LogP contribution in [0.4, 0.5) is 10.1 Å². The van der Waals surface area contributed by atoms with Gasteiger partial charge in [-0.25, -0.2) is 4.39 Å². The lowest BCUT2D eigenvalue weighted by Gasteiger charge is -2.10. The quantitative estimate of drug-likeness (QED) is 0.833. The van der Waals surface area contributed by atoms with Crippen molar-refractivity contribution in [2.75, 3.05) is 12.4 Å². The van der Waals surface area contributed by atoms with Gasteiger partial charge in [0.1, 0.15) is 0 Å². The fourth-order valence-electron chi connectivity index (χ4n) is 1.66. The van der Waals surface area contributed by atoms with E-state index in [0.717, 1.165) is 6.07 Å². The van der Waals surface area contributed by atoms with Crippen molar-refractivity contribution in [2.24, 2.45) is 0 Å². The van der Waals surface area contributed by atoms with Gasteiger partial charge in [-0.3, -0.25) is 4.79 Å². The zero-order chi connectivity index (χ0) is 15.6. The Morgan fingerprint density at radius 3 is 2.67 bits per heavy atom. The van der Waals surface area contributed by atoms with Crippen LogP contribution in [0.2, 0.25) is 10.0 Å². The molecule has 110 valence electrons. The highest BCUT2D eigenvalue weighted by atomic mass is 35.5. The van der Waals surface area contributed by atoms with Crippen molar-refractivity contribution in [3.63, 3.8) is 0 Å². The van der Waals surface area contributed by atoms with Crippen LogP contribution in [0.25, 0.3) is 0 Å². The molecule has 2 aromatic rings. The lowest BCUT2D eigenvalue weighted by molar-refractivity contribution is 0.102. The molecule has 2 N–H and O–H groups in total. The van der Waals surface area contributed by atoms with Crippen LogP contribution in [0.5, 0.6) is 11.5 Å². The molecule has 0 saturated heterocycles. The van der Waals surface area contributed by atoms with Crippen LogP contribution in [-0.4, -0.2) is 18.1 Å². The largest absolute Gasteiger partial charge is 0.504 e. The molecular weight excluding hydrogens is 320 g/mol. The molecule has 0 bridgehead atoms. The Labute approximate surface area is 130 Å². The monoisotopic (exact) mass is 329 g/mol. The van der Waals surface area contributed by atoms with Crippen molar-refractivity contribution in [1.82, 2.24) is 0 Å². The molecule has 0 unspecified atom stereocenters. The van der Waals surface area contributed by atoms with Gasteiger partial charge in [0.05, 0.1) is 17.8 Å². The molecule has 0 atom stereocenters. The normalized spacial score (nSPS) is 10.3. The standard InChI is InChI=1S/C14H10Cl2FNO3/c1-21-12-4-7(2-3-10(12)17)14(20)18-11-6-8(15)5-9(16)13(11)19/h2-6,19H,1H3,(H,18,20). The smallest absolute Gasteiger partial charge is 0.255 e. The molecule has 1 amide bonds. The summed E-state index contributed by atoms with van der Waals surface area (Å²) in [5.74, 6) is -1.51. The second-order valence-electron chi connectivity index (χ2n) is 4.09. The number of carbonyl (C=O) groups excluding carboxylic acids is 1. The summed E-state index contributed by atoms with van der Waals surface area (Å²) in [6.07, 6.45) is 0. The van der Waals surface area contributed by atoms with E-state index in [9.17, 15) is 14.3 Å². The average molecular weight is 330 g/mol. The molecule has 0 heterocycles. The molecular formula is C14H10Cl2FNO3. The van der Waals surface area contributed by atoms with Gasteiger partial charge >= 0.3 is 0 Å². The highest BCUT2D eigenvalue weighted by Crippen LogP contribution is 2.35. The summed E-state index contributed by atoms with van der Waals surface area (Å²) in [6, 6.07) is 6.33. The molecule has 0 aromatic heterocycles. The molecule has 0 saturated carbocycles. The van der Waals surface area contributed by atoms with E-state index in [1.54, 1.807) is 0 Å². The van der Waals surface area contributed by atoms with Gasteiger partial charge in [-0.1, -0.05) is 23.2 Å². The molecule has 2 aromatic carbocycles. The highest BCUT2D eigenvalue weighted by molar-refractivity contribution is 6.36. The Balaban J connectivity index is 2.30. The van der Waals surface area contributed by atoms with Crippen LogP contribution in [0, 0.1) is 5.82 Å². The minimum Gasteiger partial charge on any atom is -0.504 e. The van der Waals surface area contributed by atoms with Crippen molar-refractivity contribution in [2.45, 2.75) is 0 Å². The Morgan fingerprint density at radius 1 is 1.29 bits per heavy atom. The minimum atomic E-state index is -0.581. The number of nitrogens with one attached hydrogen (secondary N) is 1. The molecule has 0 radical (unpaired) electrons. The van der Waals surface area contributed by atoms with E-state index < -0.39 is 11.7 Å². The number of ether oxygens (including phenoxy) is 1. The van der Waals surface area contributed by atoms with Gasteiger partial charge in [0.25, 0.3) is 5.91 Å². The maximum absolute atomic E-state index is 13.3. The first-order valence-corrected chi connectivity index (χ1v) is 6.51. The molecule has 4 nitrogen and oxygen atoms in total. The van der Waals surface area contributed by atoms with Gasteiger partial charge < -0.3 is 15.2 Å². The van der Waals surface area contributed by atoms with E-state index in [0.29, 0.717) is 0 Å². The van der Waals surface area contributed by atoms with Crippen LogP contribution >= 0.6 is 23.2 Å². The first kappa shape index (κ1) is 15.4. The Bertz CT molecular complexity index is 707. The number of carbonyl (C=O) groups is 1. The molecule has 0 aliphatic rings. The maximum Gasteiger partial charge on any atom is 0.255 e. The average Bonchev–Trinajstić information content (AvgIpc) is 2.44. The number of hydrogen-bond acceptors (Lipinski definition) is 3. The third-order valence-electron chi connectivity index (χ3n) is 2.69. The van der Waals surface area contributed by atoms with Gasteiger partial charge in [-0.15, -0.1) is 0 Å². The van der Waals surface area contributed by atoms with Crippen LogP contribution < -0.4 is 10.1 Å². The van der Waals surface area contributed by atoms with Gasteiger partial charge in [0.2, 0.25) is 0 Å². The second-order valence-corrected chi connectivity index (χ2v) is 4.93. The van der Waals surface area contributed by atoms with E-state index >= 15 is 0 Å². The van der Waals surface area contributed by atoms with Crippen molar-refractivity contribution in [3.8, 4) is 11.5 Å². The lowest BCUT2D eigenvalue weighted by Crippen LogP contribution is -2.12. The summed E-state index contributed by atoms with van der Waals surface area (Å²) in [5, 5.41) is 12.5. The number of halogens is 3. The Hall–Kier alpha value is -1.98. The number of anilines is 1. The van der Waals surface area contributed by atoms with Gasteiger partial charge in [-0.2, -0.15) is 0 Å². The predicted molar refractivity (Wildman–Crippen MR) is 79.0 cm³/mol. The summed E-state index contributed by atoms with van der Waals surface area (Å²) >= 11 is 11.6. The number of phenolic OH excluding ortho intramolecular Hbond substituents is 1. The maximum atomic E-state index is 13.3. The number of amides is 1. The van der Waals surface area contributed by atoms with E-state index in [4.69, 9.17) is 27.9 Å². The summed E-state index contributed by atoms with van der Waals surface area (Å²) in [7, 11) is 1.29. The Morgan fingerprint density at radius 2 is 2.00 bits per heavy atom. The first-order chi connectivity index (χ1) is 9.92. The van der Waals surface area contributed by atoms with Gasteiger partial charge in [0, 0.05) is 10.6 Å². The topological polar surface area (TPSA) is 58.6 Å². The number of methoxy groups -OCH3 is 1. The van der Waals surface area contributed by atoms with Crippen LogP contribution in [0.3, 0.4) is 0 Å². The summed E-state index contributed by atoms with van der Waals surface area (Å²) in [5.41, 5.74) is 0.213. The fourth-order valence-corrected chi connectivity index (χ4v) is 2.15. The molecule has 0 spiro atoms. The summed E-state index contributed by atoms with van der Waals surface area (Å²) < 4.78 is 18.1. The minimum absolute atomic E-state index is 0.00878. The molecule has 0 aliphatic heterocycles. The van der Waals surface area contributed by atoms with Gasteiger partial charge in [-0.05, 0) is 30.3 Å². The number of aromatic hydroxyl groups is 1. The van der Waals surface area contributed by atoms with Crippen molar-refractivity contribution in [3.05, 3.63) is 51.8 Å². The van der Waals surface area contributed by atoms with E-state index in [2.05, 4.69) is 5.32 Å². The molecule has 21 heavy (non-hydrogen) atoms. The zero-order valence-electron chi connectivity index (χ0n) is 10.8. The number of phenols is 1. The molecule has 2 rings (SSSR count).